The highest BCUT2D eigenvalue weighted by molar-refractivity contribution is 14.1. The summed E-state index contributed by atoms with van der Waals surface area (Å²) in [5, 5.41) is 9.03. The third-order valence-corrected chi connectivity index (χ3v) is 2.27. The van der Waals surface area contributed by atoms with Crippen LogP contribution in [0.15, 0.2) is 18.2 Å². The number of hydrogen-bond acceptors (Lipinski definition) is 2. The van der Waals surface area contributed by atoms with Crippen LogP contribution in [0, 0.1) is 3.57 Å². The summed E-state index contributed by atoms with van der Waals surface area (Å²) in [5.41, 5.74) is 0.575. The van der Waals surface area contributed by atoms with Crippen molar-refractivity contribution in [2.75, 3.05) is 0 Å². The molecule has 0 radical (unpaired) electrons. The van der Waals surface area contributed by atoms with Gasteiger partial charge in [0.2, 0.25) is 0 Å². The highest BCUT2D eigenvalue weighted by Gasteiger charge is 2.04. The van der Waals surface area contributed by atoms with Crippen LogP contribution >= 0.6 is 22.6 Å². The van der Waals surface area contributed by atoms with E-state index in [-0.39, 0.29) is 11.5 Å². The number of rotatable bonds is 1. The van der Waals surface area contributed by atoms with Crippen molar-refractivity contribution >= 4 is 28.4 Å². The standard InChI is InChI=1S/C8H7IO2/c1-5(10)7-4-6(11)2-3-8(7)9/h2-4,11H,1H3. The Kier molecular flexibility index (Phi) is 2.49. The molecule has 0 aliphatic rings. The van der Waals surface area contributed by atoms with Crippen molar-refractivity contribution in [3.05, 3.63) is 27.3 Å². The third kappa shape index (κ3) is 1.92. The lowest BCUT2D eigenvalue weighted by atomic mass is 10.1. The van der Waals surface area contributed by atoms with E-state index in [1.165, 1.54) is 13.0 Å². The zero-order valence-corrected chi connectivity index (χ0v) is 8.12. The van der Waals surface area contributed by atoms with E-state index in [1.807, 2.05) is 0 Å². The largest absolute Gasteiger partial charge is 0.508 e. The van der Waals surface area contributed by atoms with Gasteiger partial charge in [-0.25, -0.2) is 0 Å². The van der Waals surface area contributed by atoms with Crippen molar-refractivity contribution in [3.63, 3.8) is 0 Å². The van der Waals surface area contributed by atoms with Crippen LogP contribution in [0.1, 0.15) is 17.3 Å². The molecule has 1 aromatic carbocycles. The number of aromatic hydroxyl groups is 1. The molecule has 2 nitrogen and oxygen atoms in total. The summed E-state index contributed by atoms with van der Waals surface area (Å²) in [5.74, 6) is 0.112. The first-order valence-electron chi connectivity index (χ1n) is 3.10. The van der Waals surface area contributed by atoms with Crippen LogP contribution in [0.2, 0.25) is 0 Å². The number of carbonyl (C=O) groups excluding carboxylic acids is 1. The van der Waals surface area contributed by atoms with Crippen LogP contribution in [-0.2, 0) is 0 Å². The van der Waals surface area contributed by atoms with Crippen LogP contribution < -0.4 is 0 Å². The Hall–Kier alpha value is -0.580. The first-order chi connectivity index (χ1) is 5.11. The molecule has 3 heteroatoms. The van der Waals surface area contributed by atoms with E-state index >= 15 is 0 Å². The fourth-order valence-electron chi connectivity index (χ4n) is 0.783. The molecular weight excluding hydrogens is 255 g/mol. The van der Waals surface area contributed by atoms with Crippen molar-refractivity contribution in [1.29, 1.82) is 0 Å². The first kappa shape index (κ1) is 8.52. The molecule has 1 rings (SSSR count). The van der Waals surface area contributed by atoms with Gasteiger partial charge in [0.15, 0.2) is 5.78 Å². The van der Waals surface area contributed by atoms with Crippen LogP contribution in [-0.4, -0.2) is 10.9 Å². The van der Waals surface area contributed by atoms with Gasteiger partial charge in [0, 0.05) is 9.13 Å². The molecule has 11 heavy (non-hydrogen) atoms. The summed E-state index contributed by atoms with van der Waals surface area (Å²) in [7, 11) is 0. The van der Waals surface area contributed by atoms with Gasteiger partial charge < -0.3 is 5.11 Å². The fourth-order valence-corrected chi connectivity index (χ4v) is 1.50. The Morgan fingerprint density at radius 1 is 1.55 bits per heavy atom. The van der Waals surface area contributed by atoms with Crippen LogP contribution in [0.25, 0.3) is 0 Å². The van der Waals surface area contributed by atoms with Gasteiger partial charge in [0.25, 0.3) is 0 Å². The number of halogens is 1. The van der Waals surface area contributed by atoms with Gasteiger partial charge in [0.1, 0.15) is 5.75 Å². The van der Waals surface area contributed by atoms with Gasteiger partial charge in [-0.1, -0.05) is 0 Å². The SMILES string of the molecule is CC(=O)c1cc(O)ccc1I. The molecule has 1 N–H and O–H groups in total. The van der Waals surface area contributed by atoms with E-state index in [0.29, 0.717) is 5.56 Å². The zero-order chi connectivity index (χ0) is 8.43. The molecule has 0 bridgehead atoms. The number of phenolic OH excluding ortho intramolecular Hbond substituents is 1. The van der Waals surface area contributed by atoms with Crippen LogP contribution in [0.3, 0.4) is 0 Å². The lowest BCUT2D eigenvalue weighted by Crippen LogP contribution is -1.94. The minimum Gasteiger partial charge on any atom is -0.508 e. The number of hydrogen-bond donors (Lipinski definition) is 1. The number of ketones is 1. The van der Waals surface area contributed by atoms with E-state index in [4.69, 9.17) is 5.11 Å². The molecule has 0 aromatic heterocycles. The van der Waals surface area contributed by atoms with Crippen LogP contribution in [0.5, 0.6) is 5.75 Å². The molecule has 0 heterocycles. The lowest BCUT2D eigenvalue weighted by Gasteiger charge is -1.99. The molecule has 0 saturated carbocycles. The Labute approximate surface area is 78.4 Å². The molecular formula is C8H7IO2. The quantitative estimate of drug-likeness (QED) is 0.622. The maximum Gasteiger partial charge on any atom is 0.161 e. The minimum atomic E-state index is -0.0229. The smallest absolute Gasteiger partial charge is 0.161 e. The van der Waals surface area contributed by atoms with Crippen molar-refractivity contribution < 1.29 is 9.90 Å². The monoisotopic (exact) mass is 262 g/mol. The molecule has 0 spiro atoms. The Bertz CT molecular complexity index is 294. The fraction of sp³-hybridized carbons (Fsp3) is 0.125. The molecule has 0 fully saturated rings. The van der Waals surface area contributed by atoms with Gasteiger partial charge in [-0.15, -0.1) is 0 Å². The number of carbonyl (C=O) groups is 1. The number of phenols is 1. The average Bonchev–Trinajstić information content (AvgIpc) is 1.94. The predicted octanol–water partition coefficient (Wildman–Crippen LogP) is 2.20. The predicted molar refractivity (Wildman–Crippen MR) is 50.8 cm³/mol. The summed E-state index contributed by atoms with van der Waals surface area (Å²) >= 11 is 2.06. The molecule has 0 unspecified atom stereocenters. The molecule has 1 aromatic rings. The molecule has 0 aliphatic heterocycles. The Morgan fingerprint density at radius 2 is 2.18 bits per heavy atom. The van der Waals surface area contributed by atoms with E-state index in [2.05, 4.69) is 22.6 Å². The number of benzene rings is 1. The molecule has 0 atom stereocenters. The Morgan fingerprint density at radius 3 is 2.64 bits per heavy atom. The third-order valence-electron chi connectivity index (χ3n) is 1.33. The molecule has 0 aliphatic carbocycles. The zero-order valence-electron chi connectivity index (χ0n) is 5.97. The highest BCUT2D eigenvalue weighted by Crippen LogP contribution is 2.18. The minimum absolute atomic E-state index is 0.0229. The Balaban J connectivity index is 3.23. The summed E-state index contributed by atoms with van der Waals surface area (Å²) < 4.78 is 0.868. The second-order valence-electron chi connectivity index (χ2n) is 2.22. The topological polar surface area (TPSA) is 37.3 Å². The van der Waals surface area contributed by atoms with E-state index in [9.17, 15) is 4.79 Å². The summed E-state index contributed by atoms with van der Waals surface area (Å²) in [4.78, 5) is 10.9. The summed E-state index contributed by atoms with van der Waals surface area (Å²) in [6.45, 7) is 1.48. The van der Waals surface area contributed by atoms with Gasteiger partial charge in [0.05, 0.1) is 0 Å². The van der Waals surface area contributed by atoms with E-state index < -0.39 is 0 Å². The van der Waals surface area contributed by atoms with E-state index in [1.54, 1.807) is 12.1 Å². The highest BCUT2D eigenvalue weighted by atomic mass is 127. The van der Waals surface area contributed by atoms with Crippen molar-refractivity contribution in [2.45, 2.75) is 6.92 Å². The second kappa shape index (κ2) is 3.21. The van der Waals surface area contributed by atoms with Crippen LogP contribution in [0.4, 0.5) is 0 Å². The lowest BCUT2D eigenvalue weighted by molar-refractivity contribution is 0.101. The first-order valence-corrected chi connectivity index (χ1v) is 4.18. The summed E-state index contributed by atoms with van der Waals surface area (Å²) in [6, 6.07) is 4.75. The van der Waals surface area contributed by atoms with Gasteiger partial charge in [-0.2, -0.15) is 0 Å². The van der Waals surface area contributed by atoms with Gasteiger partial charge in [-0.3, -0.25) is 4.79 Å². The van der Waals surface area contributed by atoms with Crippen molar-refractivity contribution in [1.82, 2.24) is 0 Å². The molecule has 58 valence electrons. The average molecular weight is 262 g/mol. The second-order valence-corrected chi connectivity index (χ2v) is 3.38. The maximum absolute atomic E-state index is 10.9. The van der Waals surface area contributed by atoms with Crippen molar-refractivity contribution in [3.8, 4) is 5.75 Å². The molecule has 0 saturated heterocycles. The number of Topliss-reactive ketones (excluding diaryl/α,β-unsaturated/α-hetero) is 1. The molecule has 0 amide bonds. The van der Waals surface area contributed by atoms with Crippen molar-refractivity contribution in [2.24, 2.45) is 0 Å². The summed E-state index contributed by atoms with van der Waals surface area (Å²) in [6.07, 6.45) is 0. The van der Waals surface area contributed by atoms with Gasteiger partial charge >= 0.3 is 0 Å². The van der Waals surface area contributed by atoms with Gasteiger partial charge in [-0.05, 0) is 47.7 Å². The normalized spacial score (nSPS) is 9.64. The van der Waals surface area contributed by atoms with E-state index in [0.717, 1.165) is 3.57 Å². The maximum atomic E-state index is 10.9.